The Hall–Kier alpha value is -0.540. The van der Waals surface area contributed by atoms with Crippen LogP contribution in [0.25, 0.3) is 0 Å². The van der Waals surface area contributed by atoms with E-state index in [1.54, 1.807) is 7.11 Å². The van der Waals surface area contributed by atoms with Gasteiger partial charge in [-0.1, -0.05) is 34.8 Å². The second-order valence-corrected chi connectivity index (χ2v) is 5.09. The van der Waals surface area contributed by atoms with Gasteiger partial charge in [-0.2, -0.15) is 0 Å². The summed E-state index contributed by atoms with van der Waals surface area (Å²) in [5, 5.41) is 0. The fourth-order valence-corrected chi connectivity index (χ4v) is 2.17. The normalized spacial score (nSPS) is 17.5. The SMILES string of the molecule is COc1cc(Br)ccc1[C@H](N)CC1CC1. The fraction of sp³-hybridized carbons (Fsp3) is 0.500. The lowest BCUT2D eigenvalue weighted by Crippen LogP contribution is -2.12. The Bertz CT molecular complexity index is 349. The molecule has 0 heterocycles. The molecule has 1 aromatic rings. The van der Waals surface area contributed by atoms with Crippen LogP contribution in [0.3, 0.4) is 0 Å². The van der Waals surface area contributed by atoms with E-state index in [1.807, 2.05) is 12.1 Å². The quantitative estimate of drug-likeness (QED) is 0.911. The van der Waals surface area contributed by atoms with Crippen molar-refractivity contribution in [3.05, 3.63) is 28.2 Å². The predicted octanol–water partition coefficient (Wildman–Crippen LogP) is 3.26. The average Bonchev–Trinajstić information content (AvgIpc) is 3.01. The molecule has 0 aliphatic heterocycles. The molecule has 15 heavy (non-hydrogen) atoms. The van der Waals surface area contributed by atoms with E-state index in [0.29, 0.717) is 0 Å². The third-order valence-corrected chi connectivity index (χ3v) is 3.37. The van der Waals surface area contributed by atoms with E-state index >= 15 is 0 Å². The van der Waals surface area contributed by atoms with Gasteiger partial charge in [0.25, 0.3) is 0 Å². The highest BCUT2D eigenvalue weighted by Crippen LogP contribution is 2.39. The third-order valence-electron chi connectivity index (χ3n) is 2.88. The highest BCUT2D eigenvalue weighted by atomic mass is 79.9. The van der Waals surface area contributed by atoms with E-state index in [0.717, 1.165) is 28.1 Å². The van der Waals surface area contributed by atoms with Crippen LogP contribution < -0.4 is 10.5 Å². The van der Waals surface area contributed by atoms with Crippen molar-refractivity contribution in [3.8, 4) is 5.75 Å². The molecule has 0 spiro atoms. The molecule has 0 radical (unpaired) electrons. The molecule has 3 heteroatoms. The molecule has 0 amide bonds. The maximum absolute atomic E-state index is 6.17. The van der Waals surface area contributed by atoms with E-state index in [9.17, 15) is 0 Å². The Labute approximate surface area is 98.9 Å². The van der Waals surface area contributed by atoms with Gasteiger partial charge in [-0.15, -0.1) is 0 Å². The van der Waals surface area contributed by atoms with E-state index in [4.69, 9.17) is 10.5 Å². The topological polar surface area (TPSA) is 35.2 Å². The summed E-state index contributed by atoms with van der Waals surface area (Å²) in [5.74, 6) is 1.73. The van der Waals surface area contributed by atoms with Crippen LogP contribution in [0, 0.1) is 5.92 Å². The van der Waals surface area contributed by atoms with E-state index in [1.165, 1.54) is 12.8 Å². The van der Waals surface area contributed by atoms with Crippen molar-refractivity contribution in [3.63, 3.8) is 0 Å². The second-order valence-electron chi connectivity index (χ2n) is 4.17. The molecule has 1 aromatic carbocycles. The smallest absolute Gasteiger partial charge is 0.124 e. The molecule has 0 bridgehead atoms. The van der Waals surface area contributed by atoms with Crippen LogP contribution in [0.4, 0.5) is 0 Å². The molecule has 0 aromatic heterocycles. The Morgan fingerprint density at radius 1 is 1.53 bits per heavy atom. The Balaban J connectivity index is 2.17. The van der Waals surface area contributed by atoms with Crippen molar-refractivity contribution in [2.45, 2.75) is 25.3 Å². The summed E-state index contributed by atoms with van der Waals surface area (Å²) in [6.07, 6.45) is 3.76. The number of methoxy groups -OCH3 is 1. The monoisotopic (exact) mass is 269 g/mol. The molecule has 2 nitrogen and oxygen atoms in total. The largest absolute Gasteiger partial charge is 0.496 e. The van der Waals surface area contributed by atoms with Gasteiger partial charge in [0.15, 0.2) is 0 Å². The molecule has 82 valence electrons. The summed E-state index contributed by atoms with van der Waals surface area (Å²) in [6, 6.07) is 6.16. The van der Waals surface area contributed by atoms with Crippen LogP contribution in [0.2, 0.25) is 0 Å². The Morgan fingerprint density at radius 2 is 2.27 bits per heavy atom. The molecule has 1 atom stereocenters. The first kappa shape index (κ1) is 11.0. The lowest BCUT2D eigenvalue weighted by Gasteiger charge is -2.15. The summed E-state index contributed by atoms with van der Waals surface area (Å²) in [6.45, 7) is 0. The van der Waals surface area contributed by atoms with Crippen molar-refractivity contribution in [2.75, 3.05) is 7.11 Å². The van der Waals surface area contributed by atoms with Crippen molar-refractivity contribution >= 4 is 15.9 Å². The molecule has 0 unspecified atom stereocenters. The minimum atomic E-state index is 0.112. The number of rotatable bonds is 4. The van der Waals surface area contributed by atoms with Gasteiger partial charge >= 0.3 is 0 Å². The lowest BCUT2D eigenvalue weighted by molar-refractivity contribution is 0.402. The standard InChI is InChI=1S/C12H16BrNO/c1-15-12-7-9(13)4-5-10(12)11(14)6-8-2-3-8/h4-5,7-8,11H,2-3,6,14H2,1H3/t11-/m1/s1. The van der Waals surface area contributed by atoms with Crippen molar-refractivity contribution in [1.29, 1.82) is 0 Å². The molecular weight excluding hydrogens is 254 g/mol. The minimum Gasteiger partial charge on any atom is -0.496 e. The maximum atomic E-state index is 6.17. The Morgan fingerprint density at radius 3 is 2.87 bits per heavy atom. The third kappa shape index (κ3) is 2.73. The highest BCUT2D eigenvalue weighted by Gasteiger charge is 2.25. The summed E-state index contributed by atoms with van der Waals surface area (Å²) in [7, 11) is 1.69. The van der Waals surface area contributed by atoms with Gasteiger partial charge < -0.3 is 10.5 Å². The molecule has 1 aliphatic carbocycles. The zero-order valence-corrected chi connectivity index (χ0v) is 10.5. The van der Waals surface area contributed by atoms with E-state index in [-0.39, 0.29) is 6.04 Å². The minimum absolute atomic E-state index is 0.112. The van der Waals surface area contributed by atoms with Crippen molar-refractivity contribution in [2.24, 2.45) is 11.7 Å². The van der Waals surface area contributed by atoms with Crippen LogP contribution in [0.1, 0.15) is 30.9 Å². The van der Waals surface area contributed by atoms with Gasteiger partial charge in [0, 0.05) is 16.1 Å². The molecular formula is C12H16BrNO. The van der Waals surface area contributed by atoms with Gasteiger partial charge in [0.05, 0.1) is 7.11 Å². The maximum Gasteiger partial charge on any atom is 0.124 e. The predicted molar refractivity (Wildman–Crippen MR) is 65.0 cm³/mol. The number of hydrogen-bond acceptors (Lipinski definition) is 2. The zero-order chi connectivity index (χ0) is 10.8. The molecule has 0 saturated heterocycles. The first-order chi connectivity index (χ1) is 7.20. The first-order valence-corrected chi connectivity index (χ1v) is 6.09. The van der Waals surface area contributed by atoms with Gasteiger partial charge in [0.2, 0.25) is 0 Å². The van der Waals surface area contributed by atoms with Crippen LogP contribution in [-0.2, 0) is 0 Å². The molecule has 1 saturated carbocycles. The molecule has 2 rings (SSSR count). The number of nitrogens with two attached hydrogens (primary N) is 1. The van der Waals surface area contributed by atoms with Crippen LogP contribution in [0.15, 0.2) is 22.7 Å². The fourth-order valence-electron chi connectivity index (χ4n) is 1.83. The zero-order valence-electron chi connectivity index (χ0n) is 8.87. The van der Waals surface area contributed by atoms with Gasteiger partial charge in [0.1, 0.15) is 5.75 Å². The number of hydrogen-bond donors (Lipinski definition) is 1. The van der Waals surface area contributed by atoms with E-state index < -0.39 is 0 Å². The average molecular weight is 270 g/mol. The number of ether oxygens (including phenoxy) is 1. The summed E-state index contributed by atoms with van der Waals surface area (Å²) < 4.78 is 6.37. The molecule has 2 N–H and O–H groups in total. The van der Waals surface area contributed by atoms with Crippen LogP contribution in [-0.4, -0.2) is 7.11 Å². The summed E-state index contributed by atoms with van der Waals surface area (Å²) in [4.78, 5) is 0. The van der Waals surface area contributed by atoms with E-state index in [2.05, 4.69) is 22.0 Å². The lowest BCUT2D eigenvalue weighted by atomic mass is 10.0. The second kappa shape index (κ2) is 4.54. The number of benzene rings is 1. The van der Waals surface area contributed by atoms with Crippen LogP contribution in [0.5, 0.6) is 5.75 Å². The highest BCUT2D eigenvalue weighted by molar-refractivity contribution is 9.10. The molecule has 1 aliphatic rings. The summed E-state index contributed by atoms with van der Waals surface area (Å²) in [5.41, 5.74) is 7.29. The van der Waals surface area contributed by atoms with Gasteiger partial charge in [-0.05, 0) is 24.5 Å². The van der Waals surface area contributed by atoms with Crippen molar-refractivity contribution in [1.82, 2.24) is 0 Å². The molecule has 1 fully saturated rings. The van der Waals surface area contributed by atoms with Gasteiger partial charge in [-0.25, -0.2) is 0 Å². The van der Waals surface area contributed by atoms with Crippen LogP contribution >= 0.6 is 15.9 Å². The number of halogens is 1. The Kier molecular flexibility index (Phi) is 3.32. The summed E-state index contributed by atoms with van der Waals surface area (Å²) >= 11 is 3.43. The van der Waals surface area contributed by atoms with Crippen molar-refractivity contribution < 1.29 is 4.74 Å². The first-order valence-electron chi connectivity index (χ1n) is 5.29. The van der Waals surface area contributed by atoms with Gasteiger partial charge in [-0.3, -0.25) is 0 Å².